The SMILES string of the molecule is COc1cc(CNC(=O)c2nc3scc(COCC4CN(C(C)=O)CCO4)c3c(=O)[nH]2)ccc1F. The highest BCUT2D eigenvalue weighted by Crippen LogP contribution is 2.22. The van der Waals surface area contributed by atoms with Gasteiger partial charge in [0, 0.05) is 32.1 Å². The normalized spacial score (nSPS) is 15.9. The smallest absolute Gasteiger partial charge is 0.287 e. The number of hydrogen-bond acceptors (Lipinski definition) is 8. The minimum atomic E-state index is -0.567. The van der Waals surface area contributed by atoms with Crippen molar-refractivity contribution in [3.63, 3.8) is 0 Å². The highest BCUT2D eigenvalue weighted by atomic mass is 32.1. The van der Waals surface area contributed by atoms with Crippen molar-refractivity contribution in [1.29, 1.82) is 0 Å². The van der Waals surface area contributed by atoms with Gasteiger partial charge in [-0.05, 0) is 23.1 Å². The fraction of sp³-hybridized carbons (Fsp3) is 0.391. The molecule has 186 valence electrons. The monoisotopic (exact) mass is 504 g/mol. The number of amides is 2. The van der Waals surface area contributed by atoms with Crippen LogP contribution in [0.3, 0.4) is 0 Å². The molecule has 1 fully saturated rings. The number of carbonyl (C=O) groups excluding carboxylic acids is 2. The first-order valence-corrected chi connectivity index (χ1v) is 11.8. The van der Waals surface area contributed by atoms with Crippen LogP contribution in [0.15, 0.2) is 28.4 Å². The highest BCUT2D eigenvalue weighted by Gasteiger charge is 2.22. The number of H-pyrrole nitrogens is 1. The third-order valence-electron chi connectivity index (χ3n) is 5.55. The molecule has 4 rings (SSSR count). The zero-order valence-electron chi connectivity index (χ0n) is 19.3. The van der Waals surface area contributed by atoms with Gasteiger partial charge in [0.15, 0.2) is 11.6 Å². The van der Waals surface area contributed by atoms with Crippen LogP contribution >= 0.6 is 11.3 Å². The summed E-state index contributed by atoms with van der Waals surface area (Å²) in [6.45, 7) is 3.56. The number of halogens is 1. The number of nitrogens with one attached hydrogen (secondary N) is 2. The van der Waals surface area contributed by atoms with Crippen LogP contribution in [0, 0.1) is 5.82 Å². The number of morpholine rings is 1. The molecule has 2 N–H and O–H groups in total. The van der Waals surface area contributed by atoms with Gasteiger partial charge in [-0.3, -0.25) is 14.4 Å². The molecule has 0 spiro atoms. The van der Waals surface area contributed by atoms with E-state index in [0.29, 0.717) is 41.0 Å². The molecule has 1 aliphatic heterocycles. The van der Waals surface area contributed by atoms with Crippen LogP contribution in [0.5, 0.6) is 5.75 Å². The Hall–Kier alpha value is -3.35. The Morgan fingerprint density at radius 3 is 3.00 bits per heavy atom. The van der Waals surface area contributed by atoms with E-state index in [1.165, 1.54) is 43.6 Å². The Bertz CT molecular complexity index is 1290. The van der Waals surface area contributed by atoms with Crippen molar-refractivity contribution >= 4 is 33.4 Å². The second-order valence-corrected chi connectivity index (χ2v) is 8.84. The summed E-state index contributed by atoms with van der Waals surface area (Å²) >= 11 is 1.24. The quantitative estimate of drug-likeness (QED) is 0.480. The van der Waals surface area contributed by atoms with Crippen molar-refractivity contribution in [3.05, 3.63) is 56.7 Å². The van der Waals surface area contributed by atoms with Crippen molar-refractivity contribution in [2.75, 3.05) is 33.4 Å². The predicted octanol–water partition coefficient (Wildman–Crippen LogP) is 1.83. The lowest BCUT2D eigenvalue weighted by Gasteiger charge is -2.32. The molecule has 0 bridgehead atoms. The van der Waals surface area contributed by atoms with E-state index in [9.17, 15) is 18.8 Å². The van der Waals surface area contributed by atoms with Crippen LogP contribution < -0.4 is 15.6 Å². The van der Waals surface area contributed by atoms with Gasteiger partial charge >= 0.3 is 0 Å². The lowest BCUT2D eigenvalue weighted by atomic mass is 10.2. The number of thiophene rings is 1. The zero-order chi connectivity index (χ0) is 24.9. The van der Waals surface area contributed by atoms with Gasteiger partial charge in [0.1, 0.15) is 4.83 Å². The van der Waals surface area contributed by atoms with Crippen molar-refractivity contribution < 1.29 is 28.2 Å². The van der Waals surface area contributed by atoms with Gasteiger partial charge in [-0.1, -0.05) is 6.07 Å². The Kier molecular flexibility index (Phi) is 7.73. The molecule has 2 amide bonds. The van der Waals surface area contributed by atoms with E-state index in [2.05, 4.69) is 15.3 Å². The molecular formula is C23H25FN4O6S. The fourth-order valence-corrected chi connectivity index (χ4v) is 4.63. The number of aromatic nitrogens is 2. The van der Waals surface area contributed by atoms with E-state index >= 15 is 0 Å². The number of hydrogen-bond donors (Lipinski definition) is 2. The number of fused-ring (bicyclic) bond motifs is 1. The summed E-state index contributed by atoms with van der Waals surface area (Å²) in [5, 5.41) is 4.79. The minimum absolute atomic E-state index is 0.00281. The highest BCUT2D eigenvalue weighted by molar-refractivity contribution is 7.16. The summed E-state index contributed by atoms with van der Waals surface area (Å²) in [7, 11) is 1.36. The zero-order valence-corrected chi connectivity index (χ0v) is 20.1. The molecule has 12 heteroatoms. The second kappa shape index (κ2) is 10.9. The fourth-order valence-electron chi connectivity index (χ4n) is 3.71. The lowest BCUT2D eigenvalue weighted by molar-refractivity contribution is -0.139. The van der Waals surface area contributed by atoms with Crippen LogP contribution in [0.2, 0.25) is 0 Å². The molecule has 0 aliphatic carbocycles. The molecule has 2 aromatic heterocycles. The number of ether oxygens (including phenoxy) is 3. The maximum atomic E-state index is 13.6. The van der Waals surface area contributed by atoms with Crippen molar-refractivity contribution in [2.45, 2.75) is 26.2 Å². The van der Waals surface area contributed by atoms with E-state index in [1.807, 2.05) is 0 Å². The third-order valence-corrected chi connectivity index (χ3v) is 6.47. The molecule has 1 saturated heterocycles. The summed E-state index contributed by atoms with van der Waals surface area (Å²) in [5.41, 5.74) is 0.840. The van der Waals surface area contributed by atoms with Gasteiger partial charge in [0.05, 0.1) is 38.4 Å². The van der Waals surface area contributed by atoms with Gasteiger partial charge in [-0.15, -0.1) is 11.3 Å². The van der Waals surface area contributed by atoms with Crippen molar-refractivity contribution in [3.8, 4) is 5.75 Å². The standard InChI is InChI=1S/C23H25FN4O6S/c1-13(29)28-5-6-34-16(9-28)11-33-10-15-12-35-23-19(15)21(30)26-20(27-23)22(31)25-8-14-3-4-17(24)18(7-14)32-2/h3-4,7,12,16H,5-6,8-11H2,1-2H3,(H,25,31)(H,26,27,30). The molecule has 10 nitrogen and oxygen atoms in total. The van der Waals surface area contributed by atoms with Gasteiger partial charge in [0.2, 0.25) is 11.7 Å². The molecule has 1 aromatic carbocycles. The largest absolute Gasteiger partial charge is 0.494 e. The summed E-state index contributed by atoms with van der Waals surface area (Å²) in [6, 6.07) is 4.26. The lowest BCUT2D eigenvalue weighted by Crippen LogP contribution is -2.46. The van der Waals surface area contributed by atoms with Gasteiger partial charge in [-0.25, -0.2) is 9.37 Å². The summed E-state index contributed by atoms with van der Waals surface area (Å²) in [4.78, 5) is 45.8. The number of rotatable bonds is 8. The van der Waals surface area contributed by atoms with E-state index in [4.69, 9.17) is 14.2 Å². The Balaban J connectivity index is 1.38. The van der Waals surface area contributed by atoms with E-state index in [-0.39, 0.29) is 43.3 Å². The first kappa shape index (κ1) is 24.8. The molecule has 35 heavy (non-hydrogen) atoms. The summed E-state index contributed by atoms with van der Waals surface area (Å²) in [6.07, 6.45) is -0.231. The van der Waals surface area contributed by atoms with Crippen molar-refractivity contribution in [1.82, 2.24) is 20.2 Å². The first-order valence-electron chi connectivity index (χ1n) is 10.9. The van der Waals surface area contributed by atoms with Crippen LogP contribution in [-0.2, 0) is 27.4 Å². The number of benzene rings is 1. The summed E-state index contributed by atoms with van der Waals surface area (Å²) < 4.78 is 29.9. The molecule has 3 aromatic rings. The maximum absolute atomic E-state index is 13.6. The van der Waals surface area contributed by atoms with E-state index in [1.54, 1.807) is 10.3 Å². The van der Waals surface area contributed by atoms with Crippen molar-refractivity contribution in [2.24, 2.45) is 0 Å². The third kappa shape index (κ3) is 5.84. The molecule has 3 heterocycles. The minimum Gasteiger partial charge on any atom is -0.494 e. The molecular weight excluding hydrogens is 479 g/mol. The number of carbonyl (C=O) groups is 2. The van der Waals surface area contributed by atoms with E-state index in [0.717, 1.165) is 0 Å². The molecule has 1 unspecified atom stereocenters. The van der Waals surface area contributed by atoms with Gasteiger partial charge < -0.3 is 29.4 Å². The Morgan fingerprint density at radius 1 is 1.40 bits per heavy atom. The van der Waals surface area contributed by atoms with Crippen LogP contribution in [-0.4, -0.2) is 66.2 Å². The number of nitrogens with zero attached hydrogens (tertiary/aromatic N) is 2. The molecule has 0 saturated carbocycles. The molecule has 1 atom stereocenters. The maximum Gasteiger partial charge on any atom is 0.287 e. The van der Waals surface area contributed by atoms with Crippen LogP contribution in [0.1, 0.15) is 28.7 Å². The van der Waals surface area contributed by atoms with Crippen LogP contribution in [0.25, 0.3) is 10.2 Å². The summed E-state index contributed by atoms with van der Waals surface area (Å²) in [5.74, 6) is -1.11. The average Bonchev–Trinajstić information content (AvgIpc) is 3.27. The molecule has 1 aliphatic rings. The molecule has 0 radical (unpaired) electrons. The van der Waals surface area contributed by atoms with Crippen LogP contribution in [0.4, 0.5) is 4.39 Å². The number of aromatic amines is 1. The topological polar surface area (TPSA) is 123 Å². The Morgan fingerprint density at radius 2 is 2.23 bits per heavy atom. The second-order valence-electron chi connectivity index (χ2n) is 7.98. The number of methoxy groups -OCH3 is 1. The van der Waals surface area contributed by atoms with Gasteiger partial charge in [-0.2, -0.15) is 0 Å². The Labute approximate surface area is 204 Å². The average molecular weight is 505 g/mol. The van der Waals surface area contributed by atoms with Gasteiger partial charge in [0.25, 0.3) is 11.5 Å². The first-order chi connectivity index (χ1) is 16.9. The van der Waals surface area contributed by atoms with E-state index < -0.39 is 17.3 Å². The predicted molar refractivity (Wildman–Crippen MR) is 126 cm³/mol.